The van der Waals surface area contributed by atoms with Gasteiger partial charge in [0.1, 0.15) is 5.54 Å². The minimum atomic E-state index is -0.801. The second-order valence-electron chi connectivity index (χ2n) is 6.25. The number of β-amino-alcohol motifs (C(OH)–C–C–N with tert-alkyl or cyclic N) is 1. The molecule has 3 aliphatic heterocycles. The molecule has 7 heteroatoms. The van der Waals surface area contributed by atoms with Gasteiger partial charge in [-0.15, -0.1) is 0 Å². The van der Waals surface area contributed by atoms with Crippen LogP contribution in [0.4, 0.5) is 0 Å². The predicted octanol–water partition coefficient (Wildman–Crippen LogP) is -1.20. The second-order valence-corrected chi connectivity index (χ2v) is 6.25. The number of carbonyl (C=O) groups excluding carboxylic acids is 3. The van der Waals surface area contributed by atoms with Gasteiger partial charge in [-0.25, -0.2) is 0 Å². The first-order valence-electron chi connectivity index (χ1n) is 7.53. The Morgan fingerprint density at radius 2 is 2.10 bits per heavy atom. The highest BCUT2D eigenvalue weighted by Gasteiger charge is 2.64. The van der Waals surface area contributed by atoms with Crippen LogP contribution in [0, 0.1) is 0 Å². The summed E-state index contributed by atoms with van der Waals surface area (Å²) in [7, 11) is 0. The van der Waals surface area contributed by atoms with Crippen LogP contribution in [-0.4, -0.2) is 81.9 Å². The Kier molecular flexibility index (Phi) is 3.49. The zero-order chi connectivity index (χ0) is 15.2. The summed E-state index contributed by atoms with van der Waals surface area (Å²) < 4.78 is 0. The van der Waals surface area contributed by atoms with E-state index in [-0.39, 0.29) is 11.8 Å². The number of likely N-dealkylation sites (tertiary alicyclic amines) is 1. The number of imide groups is 1. The lowest BCUT2D eigenvalue weighted by molar-refractivity contribution is -0.179. The predicted molar refractivity (Wildman–Crippen MR) is 73.1 cm³/mol. The van der Waals surface area contributed by atoms with Crippen LogP contribution in [-0.2, 0) is 14.4 Å². The molecule has 1 N–H and O–H groups in total. The van der Waals surface area contributed by atoms with Crippen molar-refractivity contribution >= 4 is 18.2 Å². The maximum atomic E-state index is 12.8. The average molecular weight is 295 g/mol. The fourth-order valence-electron chi connectivity index (χ4n) is 3.72. The Bertz CT molecular complexity index is 475. The van der Waals surface area contributed by atoms with Crippen LogP contribution >= 0.6 is 0 Å². The van der Waals surface area contributed by atoms with Crippen molar-refractivity contribution in [3.8, 4) is 0 Å². The van der Waals surface area contributed by atoms with Gasteiger partial charge in [0.2, 0.25) is 12.3 Å². The number of aliphatic hydroxyl groups excluding tert-OH is 1. The van der Waals surface area contributed by atoms with E-state index in [1.165, 1.54) is 9.80 Å². The van der Waals surface area contributed by atoms with Crippen LogP contribution in [0.2, 0.25) is 0 Å². The van der Waals surface area contributed by atoms with Crippen molar-refractivity contribution in [3.05, 3.63) is 0 Å². The number of fused-ring (bicyclic) bond motifs is 2. The largest absolute Gasteiger partial charge is 0.392 e. The normalized spacial score (nSPS) is 31.5. The molecule has 3 rings (SSSR count). The molecular weight excluding hydrogens is 274 g/mol. The molecule has 0 saturated carbocycles. The maximum absolute atomic E-state index is 12.8. The van der Waals surface area contributed by atoms with E-state index in [2.05, 4.69) is 0 Å². The molecule has 0 aromatic carbocycles. The molecule has 0 aromatic heterocycles. The summed E-state index contributed by atoms with van der Waals surface area (Å²) in [4.78, 5) is 40.9. The van der Waals surface area contributed by atoms with Gasteiger partial charge in [0.25, 0.3) is 5.91 Å². The Labute approximate surface area is 123 Å². The number of nitrogens with zero attached hydrogens (tertiary/aromatic N) is 3. The number of aliphatic hydroxyl groups is 1. The van der Waals surface area contributed by atoms with Crippen molar-refractivity contribution in [2.24, 2.45) is 0 Å². The first-order chi connectivity index (χ1) is 10.0. The van der Waals surface area contributed by atoms with Gasteiger partial charge in [0, 0.05) is 26.2 Å². The van der Waals surface area contributed by atoms with E-state index < -0.39 is 17.7 Å². The van der Waals surface area contributed by atoms with E-state index in [0.29, 0.717) is 32.6 Å². The molecule has 2 atom stereocenters. The highest BCUT2D eigenvalue weighted by atomic mass is 16.3. The Morgan fingerprint density at radius 3 is 2.71 bits per heavy atom. The zero-order valence-corrected chi connectivity index (χ0v) is 12.2. The van der Waals surface area contributed by atoms with Gasteiger partial charge < -0.3 is 10.0 Å². The number of amides is 3. The lowest BCUT2D eigenvalue weighted by atomic mass is 9.83. The summed E-state index contributed by atoms with van der Waals surface area (Å²) in [5.41, 5.74) is -0.801. The molecule has 0 radical (unpaired) electrons. The summed E-state index contributed by atoms with van der Waals surface area (Å²) in [6.07, 6.45) is 2.20. The average Bonchev–Trinajstić information content (AvgIpc) is 2.80. The summed E-state index contributed by atoms with van der Waals surface area (Å²) in [6.45, 7) is 3.40. The van der Waals surface area contributed by atoms with Crippen molar-refractivity contribution in [1.82, 2.24) is 14.7 Å². The highest BCUT2D eigenvalue weighted by molar-refractivity contribution is 6.06. The molecule has 0 aromatic rings. The minimum Gasteiger partial charge on any atom is -0.392 e. The molecule has 3 saturated heterocycles. The topological polar surface area (TPSA) is 81.2 Å². The minimum absolute atomic E-state index is 0.194. The molecule has 2 unspecified atom stereocenters. The van der Waals surface area contributed by atoms with Crippen molar-refractivity contribution in [1.29, 1.82) is 0 Å². The molecule has 3 fully saturated rings. The monoisotopic (exact) mass is 295 g/mol. The number of hydrogen-bond acceptors (Lipinski definition) is 5. The lowest BCUT2D eigenvalue weighted by Crippen LogP contribution is -2.81. The van der Waals surface area contributed by atoms with Crippen LogP contribution in [0.5, 0.6) is 0 Å². The first kappa shape index (κ1) is 14.5. The summed E-state index contributed by atoms with van der Waals surface area (Å²) in [6, 6.07) is -0.427. The Morgan fingerprint density at radius 1 is 1.38 bits per heavy atom. The van der Waals surface area contributed by atoms with E-state index in [1.807, 2.05) is 11.8 Å². The van der Waals surface area contributed by atoms with Crippen molar-refractivity contribution in [2.75, 3.05) is 26.2 Å². The van der Waals surface area contributed by atoms with E-state index in [1.54, 1.807) is 0 Å². The molecule has 3 heterocycles. The first-order valence-corrected chi connectivity index (χ1v) is 7.53. The second kappa shape index (κ2) is 5.06. The number of carbonyl (C=O) groups is 3. The van der Waals surface area contributed by atoms with Crippen LogP contribution in [0.1, 0.15) is 26.2 Å². The summed E-state index contributed by atoms with van der Waals surface area (Å²) in [5, 5.41) is 9.89. The molecule has 1 spiro atoms. The van der Waals surface area contributed by atoms with E-state index in [4.69, 9.17) is 0 Å². The number of hydrogen-bond donors (Lipinski definition) is 1. The van der Waals surface area contributed by atoms with Crippen LogP contribution in [0.25, 0.3) is 0 Å². The highest BCUT2D eigenvalue weighted by Crippen LogP contribution is 2.39. The van der Waals surface area contributed by atoms with Crippen molar-refractivity contribution < 1.29 is 19.5 Å². The fraction of sp³-hybridized carbons (Fsp3) is 0.786. The van der Waals surface area contributed by atoms with Crippen LogP contribution in [0.3, 0.4) is 0 Å². The van der Waals surface area contributed by atoms with E-state index in [9.17, 15) is 19.5 Å². The number of rotatable bonds is 4. The summed E-state index contributed by atoms with van der Waals surface area (Å²) in [5.74, 6) is -0.399. The van der Waals surface area contributed by atoms with Gasteiger partial charge in [-0.05, 0) is 12.8 Å². The van der Waals surface area contributed by atoms with Gasteiger partial charge in [0.15, 0.2) is 0 Å². The smallest absolute Gasteiger partial charge is 0.253 e. The van der Waals surface area contributed by atoms with Crippen molar-refractivity contribution in [3.63, 3.8) is 0 Å². The maximum Gasteiger partial charge on any atom is 0.253 e. The molecule has 0 bridgehead atoms. The van der Waals surface area contributed by atoms with E-state index >= 15 is 0 Å². The standard InChI is InChI=1S/C14H21N3O4/c1-2-3-4-16-12(20)11-5-10(19)6-17(11)14(13(16)21)7-15(8-14)9-18/h9-11,19H,2-8H2,1H3. The fourth-order valence-corrected chi connectivity index (χ4v) is 3.72. The molecule has 7 nitrogen and oxygen atoms in total. The molecule has 3 aliphatic rings. The van der Waals surface area contributed by atoms with Crippen LogP contribution in [0.15, 0.2) is 0 Å². The molecular formula is C14H21N3O4. The Hall–Kier alpha value is -1.47. The molecule has 116 valence electrons. The molecule has 3 amide bonds. The van der Waals surface area contributed by atoms with Gasteiger partial charge in [0.05, 0.1) is 12.1 Å². The SMILES string of the molecule is CCCCN1C(=O)C2CC(O)CN2C2(CN(C=O)C2)C1=O. The van der Waals surface area contributed by atoms with Gasteiger partial charge >= 0.3 is 0 Å². The van der Waals surface area contributed by atoms with Gasteiger partial charge in [-0.2, -0.15) is 0 Å². The molecule has 0 aliphatic carbocycles. The quantitative estimate of drug-likeness (QED) is 0.520. The van der Waals surface area contributed by atoms with Gasteiger partial charge in [-0.3, -0.25) is 24.2 Å². The zero-order valence-electron chi connectivity index (χ0n) is 12.2. The third-order valence-corrected chi connectivity index (χ3v) is 4.84. The number of piperazine rings is 1. The van der Waals surface area contributed by atoms with Crippen LogP contribution < -0.4 is 0 Å². The van der Waals surface area contributed by atoms with Crippen molar-refractivity contribution in [2.45, 2.75) is 43.9 Å². The Balaban J connectivity index is 1.89. The summed E-state index contributed by atoms with van der Waals surface area (Å²) >= 11 is 0. The van der Waals surface area contributed by atoms with Gasteiger partial charge in [-0.1, -0.05) is 13.3 Å². The third kappa shape index (κ3) is 1.98. The van der Waals surface area contributed by atoms with E-state index in [0.717, 1.165) is 19.3 Å². The molecule has 21 heavy (non-hydrogen) atoms. The lowest BCUT2D eigenvalue weighted by Gasteiger charge is -2.57. The third-order valence-electron chi connectivity index (χ3n) is 4.84. The number of unbranched alkanes of at least 4 members (excludes halogenated alkanes) is 1.